The van der Waals surface area contributed by atoms with E-state index in [9.17, 15) is 4.79 Å². The van der Waals surface area contributed by atoms with Crippen molar-refractivity contribution in [1.29, 1.82) is 0 Å². The smallest absolute Gasteiger partial charge is 0.222 e. The zero-order chi connectivity index (χ0) is 12.1. The molecule has 1 unspecified atom stereocenters. The van der Waals surface area contributed by atoms with Crippen LogP contribution in [-0.4, -0.2) is 42.6 Å². The van der Waals surface area contributed by atoms with Crippen molar-refractivity contribution in [3.8, 4) is 0 Å². The quantitative estimate of drug-likeness (QED) is 0.808. The second kappa shape index (κ2) is 6.36. The summed E-state index contributed by atoms with van der Waals surface area (Å²) in [5, 5.41) is 0. The predicted molar refractivity (Wildman–Crippen MR) is 66.6 cm³/mol. The Bertz CT molecular complexity index is 244. The van der Waals surface area contributed by atoms with Gasteiger partial charge in [-0.3, -0.25) is 4.79 Å². The van der Waals surface area contributed by atoms with Crippen molar-refractivity contribution in [1.82, 2.24) is 4.90 Å². The first-order chi connectivity index (χ1) is 8.25. The van der Waals surface area contributed by atoms with E-state index in [1.165, 1.54) is 12.8 Å². The lowest BCUT2D eigenvalue weighted by Crippen LogP contribution is -2.43. The first-order valence-corrected chi connectivity index (χ1v) is 6.90. The Kier molecular flexibility index (Phi) is 4.80. The molecule has 0 radical (unpaired) electrons. The molecule has 2 saturated heterocycles. The van der Waals surface area contributed by atoms with Gasteiger partial charge < -0.3 is 15.4 Å². The predicted octanol–water partition coefficient (Wildman–Crippen LogP) is 1.29. The van der Waals surface area contributed by atoms with Crippen LogP contribution in [0.2, 0.25) is 0 Å². The number of carbonyl (C=O) groups is 1. The van der Waals surface area contributed by atoms with Crippen molar-refractivity contribution in [3.05, 3.63) is 0 Å². The summed E-state index contributed by atoms with van der Waals surface area (Å²) < 4.78 is 5.64. The Morgan fingerprint density at radius 3 is 2.65 bits per heavy atom. The van der Waals surface area contributed by atoms with Crippen molar-refractivity contribution in [2.45, 2.75) is 57.1 Å². The lowest BCUT2D eigenvalue weighted by atomic mass is 10.0. The highest BCUT2D eigenvalue weighted by atomic mass is 16.5. The molecule has 4 nitrogen and oxygen atoms in total. The van der Waals surface area contributed by atoms with Crippen LogP contribution in [0.3, 0.4) is 0 Å². The molecule has 0 aliphatic carbocycles. The van der Waals surface area contributed by atoms with Gasteiger partial charge in [0.15, 0.2) is 0 Å². The van der Waals surface area contributed by atoms with E-state index in [1.54, 1.807) is 0 Å². The van der Waals surface area contributed by atoms with Gasteiger partial charge in [-0.1, -0.05) is 0 Å². The highest BCUT2D eigenvalue weighted by molar-refractivity contribution is 5.76. The Labute approximate surface area is 103 Å². The van der Waals surface area contributed by atoms with Crippen LogP contribution in [0.5, 0.6) is 0 Å². The molecule has 2 aliphatic rings. The molecule has 0 saturated carbocycles. The highest BCUT2D eigenvalue weighted by Crippen LogP contribution is 2.18. The summed E-state index contributed by atoms with van der Waals surface area (Å²) in [5.41, 5.74) is 5.83. The molecule has 0 spiro atoms. The SMILES string of the molecule is NC1CCN(C(=O)CCC2CCCCO2)CC1. The van der Waals surface area contributed by atoms with E-state index < -0.39 is 0 Å². The summed E-state index contributed by atoms with van der Waals surface area (Å²) in [5.74, 6) is 0.283. The van der Waals surface area contributed by atoms with E-state index in [0.29, 0.717) is 18.6 Å². The minimum atomic E-state index is 0.283. The molecule has 2 fully saturated rings. The number of likely N-dealkylation sites (tertiary alicyclic amines) is 1. The molecule has 0 aromatic heterocycles. The maximum Gasteiger partial charge on any atom is 0.222 e. The monoisotopic (exact) mass is 240 g/mol. The summed E-state index contributed by atoms with van der Waals surface area (Å²) in [6.07, 6.45) is 7.29. The van der Waals surface area contributed by atoms with Crippen LogP contribution in [0.25, 0.3) is 0 Å². The van der Waals surface area contributed by atoms with E-state index in [0.717, 1.165) is 45.4 Å². The molecular formula is C13H24N2O2. The van der Waals surface area contributed by atoms with Gasteiger partial charge in [0.25, 0.3) is 0 Å². The molecule has 17 heavy (non-hydrogen) atoms. The molecule has 4 heteroatoms. The summed E-state index contributed by atoms with van der Waals surface area (Å²) in [4.78, 5) is 13.9. The number of hydrogen-bond donors (Lipinski definition) is 1. The second-order valence-electron chi connectivity index (χ2n) is 5.25. The van der Waals surface area contributed by atoms with Crippen molar-refractivity contribution in [3.63, 3.8) is 0 Å². The van der Waals surface area contributed by atoms with E-state index in [-0.39, 0.29) is 5.91 Å². The van der Waals surface area contributed by atoms with Crippen LogP contribution in [0.15, 0.2) is 0 Å². The third kappa shape index (κ3) is 3.96. The van der Waals surface area contributed by atoms with Crippen molar-refractivity contribution in [2.24, 2.45) is 5.73 Å². The third-order valence-electron chi connectivity index (χ3n) is 3.85. The number of carbonyl (C=O) groups excluding carboxylic acids is 1. The second-order valence-corrected chi connectivity index (χ2v) is 5.25. The Hall–Kier alpha value is -0.610. The maximum atomic E-state index is 12.0. The standard InChI is InChI=1S/C13H24N2O2/c14-11-6-8-15(9-7-11)13(16)5-4-12-3-1-2-10-17-12/h11-12H,1-10,14H2. The lowest BCUT2D eigenvalue weighted by molar-refractivity contribution is -0.133. The fraction of sp³-hybridized carbons (Fsp3) is 0.923. The molecule has 0 aromatic rings. The van der Waals surface area contributed by atoms with Crippen LogP contribution < -0.4 is 5.73 Å². The first-order valence-electron chi connectivity index (χ1n) is 6.90. The number of nitrogens with two attached hydrogens (primary N) is 1. The molecule has 98 valence electrons. The molecule has 1 atom stereocenters. The van der Waals surface area contributed by atoms with Crippen LogP contribution in [0.1, 0.15) is 44.9 Å². The average molecular weight is 240 g/mol. The van der Waals surface area contributed by atoms with Crippen LogP contribution in [-0.2, 0) is 9.53 Å². The Morgan fingerprint density at radius 2 is 2.00 bits per heavy atom. The largest absolute Gasteiger partial charge is 0.378 e. The molecule has 2 N–H and O–H groups in total. The zero-order valence-electron chi connectivity index (χ0n) is 10.6. The highest BCUT2D eigenvalue weighted by Gasteiger charge is 2.22. The van der Waals surface area contributed by atoms with Crippen molar-refractivity contribution < 1.29 is 9.53 Å². The van der Waals surface area contributed by atoms with Crippen molar-refractivity contribution >= 4 is 5.91 Å². The number of piperidine rings is 1. The maximum absolute atomic E-state index is 12.0. The molecule has 2 rings (SSSR count). The molecule has 2 heterocycles. The molecule has 1 amide bonds. The average Bonchev–Trinajstić information content (AvgIpc) is 2.38. The van der Waals surface area contributed by atoms with Gasteiger partial charge in [-0.2, -0.15) is 0 Å². The summed E-state index contributed by atoms with van der Waals surface area (Å²) in [7, 11) is 0. The van der Waals surface area contributed by atoms with Gasteiger partial charge in [0.1, 0.15) is 0 Å². The van der Waals surface area contributed by atoms with Gasteiger partial charge in [-0.05, 0) is 38.5 Å². The van der Waals surface area contributed by atoms with Gasteiger partial charge in [-0.15, -0.1) is 0 Å². The topological polar surface area (TPSA) is 55.6 Å². The molecular weight excluding hydrogens is 216 g/mol. The molecule has 2 aliphatic heterocycles. The fourth-order valence-corrected chi connectivity index (χ4v) is 2.63. The first kappa shape index (κ1) is 12.8. The van der Waals surface area contributed by atoms with Gasteiger partial charge in [0.05, 0.1) is 6.10 Å². The van der Waals surface area contributed by atoms with Gasteiger partial charge in [0, 0.05) is 32.2 Å². The number of rotatable bonds is 3. The number of hydrogen-bond acceptors (Lipinski definition) is 3. The number of ether oxygens (including phenoxy) is 1. The normalized spacial score (nSPS) is 27.1. The Balaban J connectivity index is 1.66. The van der Waals surface area contributed by atoms with Crippen LogP contribution in [0.4, 0.5) is 0 Å². The van der Waals surface area contributed by atoms with E-state index in [1.807, 2.05) is 4.90 Å². The number of amides is 1. The molecule has 0 bridgehead atoms. The van der Waals surface area contributed by atoms with E-state index >= 15 is 0 Å². The lowest BCUT2D eigenvalue weighted by Gasteiger charge is -2.31. The zero-order valence-corrected chi connectivity index (χ0v) is 10.6. The molecule has 0 aromatic carbocycles. The Morgan fingerprint density at radius 1 is 1.24 bits per heavy atom. The minimum absolute atomic E-state index is 0.283. The summed E-state index contributed by atoms with van der Waals surface area (Å²) >= 11 is 0. The van der Waals surface area contributed by atoms with E-state index in [2.05, 4.69) is 0 Å². The van der Waals surface area contributed by atoms with E-state index in [4.69, 9.17) is 10.5 Å². The van der Waals surface area contributed by atoms with Crippen LogP contribution in [0, 0.1) is 0 Å². The third-order valence-corrected chi connectivity index (χ3v) is 3.85. The van der Waals surface area contributed by atoms with Crippen LogP contribution >= 0.6 is 0 Å². The van der Waals surface area contributed by atoms with Crippen molar-refractivity contribution in [2.75, 3.05) is 19.7 Å². The van der Waals surface area contributed by atoms with Gasteiger partial charge >= 0.3 is 0 Å². The summed E-state index contributed by atoms with van der Waals surface area (Å²) in [6, 6.07) is 0.292. The fourth-order valence-electron chi connectivity index (χ4n) is 2.63. The number of nitrogens with zero attached hydrogens (tertiary/aromatic N) is 1. The van der Waals surface area contributed by atoms with Gasteiger partial charge in [0.2, 0.25) is 5.91 Å². The van der Waals surface area contributed by atoms with Gasteiger partial charge in [-0.25, -0.2) is 0 Å². The minimum Gasteiger partial charge on any atom is -0.378 e. The summed E-state index contributed by atoms with van der Waals surface area (Å²) in [6.45, 7) is 2.55.